The number of aromatic amines is 2. The average Bonchev–Trinajstić information content (AvgIpc) is 2.94. The van der Waals surface area contributed by atoms with Crippen LogP contribution in [-0.2, 0) is 6.54 Å². The maximum atomic E-state index is 11.4. The molecule has 7 nitrogen and oxygen atoms in total. The first kappa shape index (κ1) is 16.2. The van der Waals surface area contributed by atoms with Crippen LogP contribution in [0.5, 0.6) is 0 Å². The van der Waals surface area contributed by atoms with Crippen molar-refractivity contribution in [2.45, 2.75) is 27.3 Å². The summed E-state index contributed by atoms with van der Waals surface area (Å²) >= 11 is 0. The van der Waals surface area contributed by atoms with E-state index >= 15 is 0 Å². The monoisotopic (exact) mass is 326 g/mol. The van der Waals surface area contributed by atoms with Crippen LogP contribution >= 0.6 is 0 Å². The van der Waals surface area contributed by atoms with Gasteiger partial charge in [0.2, 0.25) is 5.95 Å². The molecule has 0 aliphatic rings. The number of aryl methyl sites for hydroxylation is 3. The first-order valence-electron chi connectivity index (χ1n) is 8.00. The van der Waals surface area contributed by atoms with Crippen LogP contribution < -0.4 is 16.2 Å². The first-order chi connectivity index (χ1) is 11.5. The van der Waals surface area contributed by atoms with E-state index in [9.17, 15) is 4.79 Å². The summed E-state index contributed by atoms with van der Waals surface area (Å²) in [5, 5.41) is 6.42. The molecule has 1 aromatic carbocycles. The standard InChI is InChI=1S/C17H22N6O/c1-10-4-5-13-16(12(10)3)22-14(21-13)9-18-6-7-19-17-20-11(2)8-15(24)23-17/h4-5,8,18H,6-7,9H2,1-3H3,(H,21,22)(H2,19,20,23,24). The number of imidazole rings is 1. The van der Waals surface area contributed by atoms with Crippen LogP contribution in [0.2, 0.25) is 0 Å². The van der Waals surface area contributed by atoms with E-state index in [2.05, 4.69) is 56.5 Å². The molecule has 7 heteroatoms. The predicted molar refractivity (Wildman–Crippen MR) is 95.4 cm³/mol. The SMILES string of the molecule is Cc1cc(=O)[nH]c(NCCNCc2nc3c(C)c(C)ccc3[nH]2)n1. The fourth-order valence-electron chi connectivity index (χ4n) is 2.59. The second-order valence-corrected chi connectivity index (χ2v) is 5.93. The highest BCUT2D eigenvalue weighted by atomic mass is 16.1. The number of H-pyrrole nitrogens is 2. The van der Waals surface area contributed by atoms with E-state index in [0.717, 1.165) is 23.4 Å². The highest BCUT2D eigenvalue weighted by Gasteiger charge is 2.06. The van der Waals surface area contributed by atoms with Crippen molar-refractivity contribution in [2.24, 2.45) is 0 Å². The Bertz CT molecular complexity index is 911. The van der Waals surface area contributed by atoms with Gasteiger partial charge in [0.25, 0.3) is 5.56 Å². The van der Waals surface area contributed by atoms with E-state index in [1.165, 1.54) is 17.2 Å². The molecule has 3 aromatic rings. The summed E-state index contributed by atoms with van der Waals surface area (Å²) in [4.78, 5) is 26.2. The number of nitrogens with zero attached hydrogens (tertiary/aromatic N) is 2. The minimum absolute atomic E-state index is 0.147. The molecule has 126 valence electrons. The average molecular weight is 326 g/mol. The van der Waals surface area contributed by atoms with Crippen molar-refractivity contribution in [1.82, 2.24) is 25.3 Å². The number of hydrogen-bond acceptors (Lipinski definition) is 5. The van der Waals surface area contributed by atoms with Crippen molar-refractivity contribution in [3.05, 3.63) is 51.2 Å². The normalized spacial score (nSPS) is 11.1. The van der Waals surface area contributed by atoms with Crippen molar-refractivity contribution in [1.29, 1.82) is 0 Å². The fraction of sp³-hybridized carbons (Fsp3) is 0.353. The lowest BCUT2D eigenvalue weighted by Gasteiger charge is -2.06. The molecule has 0 bridgehead atoms. The number of anilines is 1. The molecule has 0 fully saturated rings. The zero-order valence-corrected chi connectivity index (χ0v) is 14.2. The van der Waals surface area contributed by atoms with Crippen molar-refractivity contribution in [3.63, 3.8) is 0 Å². The van der Waals surface area contributed by atoms with E-state index in [4.69, 9.17) is 0 Å². The Morgan fingerprint density at radius 1 is 1.08 bits per heavy atom. The van der Waals surface area contributed by atoms with Crippen LogP contribution in [0.15, 0.2) is 23.0 Å². The van der Waals surface area contributed by atoms with Gasteiger partial charge in [-0.1, -0.05) is 6.07 Å². The molecule has 2 heterocycles. The summed E-state index contributed by atoms with van der Waals surface area (Å²) < 4.78 is 0. The molecule has 0 radical (unpaired) electrons. The third kappa shape index (κ3) is 3.62. The molecule has 2 aromatic heterocycles. The van der Waals surface area contributed by atoms with E-state index in [1.807, 2.05) is 0 Å². The van der Waals surface area contributed by atoms with Crippen molar-refractivity contribution in [2.75, 3.05) is 18.4 Å². The number of benzene rings is 1. The Hall–Kier alpha value is -2.67. The van der Waals surface area contributed by atoms with Crippen LogP contribution in [-0.4, -0.2) is 33.0 Å². The molecular weight excluding hydrogens is 304 g/mol. The highest BCUT2D eigenvalue weighted by molar-refractivity contribution is 5.79. The number of hydrogen-bond donors (Lipinski definition) is 4. The minimum atomic E-state index is -0.147. The molecule has 24 heavy (non-hydrogen) atoms. The Morgan fingerprint density at radius 2 is 1.92 bits per heavy atom. The predicted octanol–water partition coefficient (Wildman–Crippen LogP) is 1.77. The van der Waals surface area contributed by atoms with E-state index in [-0.39, 0.29) is 5.56 Å². The van der Waals surface area contributed by atoms with Crippen LogP contribution in [0.3, 0.4) is 0 Å². The maximum Gasteiger partial charge on any atom is 0.252 e. The molecule has 0 saturated heterocycles. The Balaban J connectivity index is 1.51. The van der Waals surface area contributed by atoms with Crippen LogP contribution in [0.25, 0.3) is 11.0 Å². The second kappa shape index (κ2) is 6.84. The molecule has 0 saturated carbocycles. The van der Waals surface area contributed by atoms with Gasteiger partial charge in [0.05, 0.1) is 17.6 Å². The summed E-state index contributed by atoms with van der Waals surface area (Å²) in [5.41, 5.74) is 5.11. The van der Waals surface area contributed by atoms with Crippen LogP contribution in [0, 0.1) is 20.8 Å². The van der Waals surface area contributed by atoms with Gasteiger partial charge >= 0.3 is 0 Å². The number of aromatic nitrogens is 4. The second-order valence-electron chi connectivity index (χ2n) is 5.93. The lowest BCUT2D eigenvalue weighted by molar-refractivity contribution is 0.681. The van der Waals surface area contributed by atoms with Gasteiger partial charge in [-0.2, -0.15) is 0 Å². The maximum absolute atomic E-state index is 11.4. The van der Waals surface area contributed by atoms with Gasteiger partial charge in [0.15, 0.2) is 0 Å². The molecule has 0 unspecified atom stereocenters. The molecule has 0 spiro atoms. The van der Waals surface area contributed by atoms with Gasteiger partial charge in [-0.15, -0.1) is 0 Å². The van der Waals surface area contributed by atoms with Crippen LogP contribution in [0.1, 0.15) is 22.6 Å². The van der Waals surface area contributed by atoms with Gasteiger partial charge in [-0.05, 0) is 38.0 Å². The van der Waals surface area contributed by atoms with Gasteiger partial charge in [-0.25, -0.2) is 9.97 Å². The number of rotatable bonds is 6. The van der Waals surface area contributed by atoms with E-state index in [0.29, 0.717) is 24.7 Å². The van der Waals surface area contributed by atoms with Gasteiger partial charge < -0.3 is 15.6 Å². The summed E-state index contributed by atoms with van der Waals surface area (Å²) in [7, 11) is 0. The van der Waals surface area contributed by atoms with Gasteiger partial charge in [0.1, 0.15) is 5.82 Å². The Labute approximate surface area is 139 Å². The quantitative estimate of drug-likeness (QED) is 0.518. The van der Waals surface area contributed by atoms with E-state index < -0.39 is 0 Å². The van der Waals surface area contributed by atoms with Crippen molar-refractivity contribution < 1.29 is 0 Å². The summed E-state index contributed by atoms with van der Waals surface area (Å²) in [6.45, 7) is 8.03. The third-order valence-corrected chi connectivity index (χ3v) is 3.98. The highest BCUT2D eigenvalue weighted by Crippen LogP contribution is 2.19. The fourth-order valence-corrected chi connectivity index (χ4v) is 2.59. The number of fused-ring (bicyclic) bond motifs is 1. The first-order valence-corrected chi connectivity index (χ1v) is 8.00. The topological polar surface area (TPSA) is 98.5 Å². The molecule has 3 rings (SSSR count). The third-order valence-electron chi connectivity index (χ3n) is 3.98. The Kier molecular flexibility index (Phi) is 4.61. The zero-order valence-electron chi connectivity index (χ0n) is 14.2. The molecule has 0 aliphatic heterocycles. The van der Waals surface area contributed by atoms with E-state index in [1.54, 1.807) is 6.92 Å². The molecule has 4 N–H and O–H groups in total. The van der Waals surface area contributed by atoms with Crippen molar-refractivity contribution >= 4 is 17.0 Å². The van der Waals surface area contributed by atoms with Crippen LogP contribution in [0.4, 0.5) is 5.95 Å². The summed E-state index contributed by atoms with van der Waals surface area (Å²) in [6.07, 6.45) is 0. The lowest BCUT2D eigenvalue weighted by Crippen LogP contribution is -2.24. The minimum Gasteiger partial charge on any atom is -0.354 e. The zero-order chi connectivity index (χ0) is 17.1. The molecule has 0 amide bonds. The largest absolute Gasteiger partial charge is 0.354 e. The summed E-state index contributed by atoms with van der Waals surface area (Å²) in [5.74, 6) is 1.41. The van der Waals surface area contributed by atoms with Crippen molar-refractivity contribution in [3.8, 4) is 0 Å². The molecule has 0 aliphatic carbocycles. The molecular formula is C17H22N6O. The van der Waals surface area contributed by atoms with Gasteiger partial charge in [-0.3, -0.25) is 9.78 Å². The molecule has 0 atom stereocenters. The lowest BCUT2D eigenvalue weighted by atomic mass is 10.1. The Morgan fingerprint density at radius 3 is 2.71 bits per heavy atom. The smallest absolute Gasteiger partial charge is 0.252 e. The number of nitrogens with one attached hydrogen (secondary N) is 4. The van der Waals surface area contributed by atoms with Gasteiger partial charge in [0, 0.05) is 24.8 Å². The summed E-state index contributed by atoms with van der Waals surface area (Å²) in [6, 6.07) is 5.64.